The molecule has 0 aromatic heterocycles. The number of rotatable bonds is 7. The fourth-order valence-corrected chi connectivity index (χ4v) is 3.13. The monoisotopic (exact) mass is 323 g/mol. The van der Waals surface area contributed by atoms with Crippen LogP contribution in [0.15, 0.2) is 23.1 Å². The highest BCUT2D eigenvalue weighted by Crippen LogP contribution is 2.24. The molecule has 1 unspecified atom stereocenters. The van der Waals surface area contributed by atoms with Gasteiger partial charge in [0.15, 0.2) is 0 Å². The van der Waals surface area contributed by atoms with Gasteiger partial charge in [-0.2, -0.15) is 0 Å². The van der Waals surface area contributed by atoms with Gasteiger partial charge in [-0.3, -0.25) is 9.59 Å². The SMILES string of the molecule is CCN(CC(C)C(=O)OC)C(=O)CSc1cc(C)ccc1C. The Kier molecular flexibility index (Phi) is 7.45. The van der Waals surface area contributed by atoms with Gasteiger partial charge < -0.3 is 9.64 Å². The average Bonchev–Trinajstić information content (AvgIpc) is 2.51. The molecule has 1 atom stereocenters. The Labute approximate surface area is 137 Å². The van der Waals surface area contributed by atoms with Gasteiger partial charge in [-0.15, -0.1) is 11.8 Å². The number of carbonyl (C=O) groups is 2. The van der Waals surface area contributed by atoms with E-state index >= 15 is 0 Å². The van der Waals surface area contributed by atoms with Crippen molar-refractivity contribution in [3.8, 4) is 0 Å². The number of nitrogens with zero attached hydrogens (tertiary/aromatic N) is 1. The molecule has 1 rings (SSSR count). The van der Waals surface area contributed by atoms with Gasteiger partial charge in [0.1, 0.15) is 0 Å². The molecule has 122 valence electrons. The number of esters is 1. The van der Waals surface area contributed by atoms with Crippen LogP contribution in [0.2, 0.25) is 0 Å². The van der Waals surface area contributed by atoms with E-state index in [1.165, 1.54) is 18.2 Å². The summed E-state index contributed by atoms with van der Waals surface area (Å²) in [5.41, 5.74) is 2.36. The van der Waals surface area contributed by atoms with Crippen molar-refractivity contribution in [1.29, 1.82) is 0 Å². The number of hydrogen-bond acceptors (Lipinski definition) is 4. The zero-order valence-corrected chi connectivity index (χ0v) is 14.8. The van der Waals surface area contributed by atoms with E-state index in [1.807, 2.05) is 20.8 Å². The summed E-state index contributed by atoms with van der Waals surface area (Å²) in [6, 6.07) is 6.23. The van der Waals surface area contributed by atoms with Crippen molar-refractivity contribution in [3.05, 3.63) is 29.3 Å². The summed E-state index contributed by atoms with van der Waals surface area (Å²) in [6.07, 6.45) is 0. The van der Waals surface area contributed by atoms with Crippen molar-refractivity contribution < 1.29 is 14.3 Å². The van der Waals surface area contributed by atoms with Crippen LogP contribution >= 0.6 is 11.8 Å². The Bertz CT molecular complexity index is 531. The molecule has 0 fully saturated rings. The van der Waals surface area contributed by atoms with Crippen molar-refractivity contribution in [1.82, 2.24) is 4.90 Å². The molecule has 0 radical (unpaired) electrons. The summed E-state index contributed by atoms with van der Waals surface area (Å²) in [4.78, 5) is 26.7. The van der Waals surface area contributed by atoms with Crippen LogP contribution < -0.4 is 0 Å². The zero-order valence-electron chi connectivity index (χ0n) is 14.0. The lowest BCUT2D eigenvalue weighted by Crippen LogP contribution is -2.38. The molecular formula is C17H25NO3S. The van der Waals surface area contributed by atoms with Crippen LogP contribution in [0, 0.1) is 19.8 Å². The predicted molar refractivity (Wildman–Crippen MR) is 90.1 cm³/mol. The van der Waals surface area contributed by atoms with Crippen molar-refractivity contribution in [3.63, 3.8) is 0 Å². The third-order valence-corrected chi connectivity index (χ3v) is 4.67. The van der Waals surface area contributed by atoms with Gasteiger partial charge in [0.25, 0.3) is 0 Å². The molecule has 0 aliphatic heterocycles. The van der Waals surface area contributed by atoms with E-state index in [0.717, 1.165) is 4.90 Å². The number of benzene rings is 1. The second kappa shape index (κ2) is 8.83. The molecule has 0 aliphatic rings. The standard InChI is InChI=1S/C17H25NO3S/c1-6-18(10-14(4)17(20)21-5)16(19)11-22-15-9-12(2)7-8-13(15)3/h7-9,14H,6,10-11H2,1-5H3. The number of methoxy groups -OCH3 is 1. The molecule has 1 amide bonds. The highest BCUT2D eigenvalue weighted by atomic mass is 32.2. The lowest BCUT2D eigenvalue weighted by atomic mass is 10.1. The van der Waals surface area contributed by atoms with E-state index in [-0.39, 0.29) is 17.8 Å². The van der Waals surface area contributed by atoms with Gasteiger partial charge in [0.2, 0.25) is 5.91 Å². The first-order valence-electron chi connectivity index (χ1n) is 7.44. The van der Waals surface area contributed by atoms with Crippen LogP contribution in [0.3, 0.4) is 0 Å². The highest BCUT2D eigenvalue weighted by Gasteiger charge is 2.20. The van der Waals surface area contributed by atoms with E-state index in [0.29, 0.717) is 18.8 Å². The fraction of sp³-hybridized carbons (Fsp3) is 0.529. The summed E-state index contributed by atoms with van der Waals surface area (Å²) in [5.74, 6) is -0.163. The van der Waals surface area contributed by atoms with E-state index < -0.39 is 0 Å². The van der Waals surface area contributed by atoms with E-state index in [1.54, 1.807) is 23.6 Å². The summed E-state index contributed by atoms with van der Waals surface area (Å²) < 4.78 is 4.71. The van der Waals surface area contributed by atoms with Gasteiger partial charge in [-0.25, -0.2) is 0 Å². The quantitative estimate of drug-likeness (QED) is 0.571. The molecule has 0 spiro atoms. The smallest absolute Gasteiger partial charge is 0.310 e. The first-order chi connectivity index (χ1) is 10.4. The molecule has 0 saturated heterocycles. The van der Waals surface area contributed by atoms with E-state index in [4.69, 9.17) is 4.74 Å². The molecule has 22 heavy (non-hydrogen) atoms. The van der Waals surface area contributed by atoms with Gasteiger partial charge in [0, 0.05) is 18.0 Å². The third kappa shape index (κ3) is 5.37. The second-order valence-electron chi connectivity index (χ2n) is 5.41. The normalized spacial score (nSPS) is 11.9. The molecular weight excluding hydrogens is 298 g/mol. The maximum atomic E-state index is 12.3. The highest BCUT2D eigenvalue weighted by molar-refractivity contribution is 8.00. The predicted octanol–water partition coefficient (Wildman–Crippen LogP) is 3.05. The minimum absolute atomic E-state index is 0.0455. The van der Waals surface area contributed by atoms with Crippen molar-refractivity contribution in [2.75, 3.05) is 26.0 Å². The zero-order chi connectivity index (χ0) is 16.7. The van der Waals surface area contributed by atoms with Crippen LogP contribution in [0.4, 0.5) is 0 Å². The molecule has 1 aromatic carbocycles. The number of hydrogen-bond donors (Lipinski definition) is 0. The van der Waals surface area contributed by atoms with Crippen LogP contribution in [0.25, 0.3) is 0 Å². The van der Waals surface area contributed by atoms with E-state index in [2.05, 4.69) is 18.2 Å². The lowest BCUT2D eigenvalue weighted by Gasteiger charge is -2.23. The van der Waals surface area contributed by atoms with Gasteiger partial charge in [0.05, 0.1) is 18.8 Å². The number of carbonyl (C=O) groups excluding carboxylic acids is 2. The van der Waals surface area contributed by atoms with Gasteiger partial charge >= 0.3 is 5.97 Å². The minimum Gasteiger partial charge on any atom is -0.469 e. The van der Waals surface area contributed by atoms with Crippen LogP contribution in [0.1, 0.15) is 25.0 Å². The molecule has 1 aromatic rings. The van der Waals surface area contributed by atoms with Crippen molar-refractivity contribution in [2.45, 2.75) is 32.6 Å². The number of aryl methyl sites for hydroxylation is 2. The Morgan fingerprint density at radius 3 is 2.59 bits per heavy atom. The average molecular weight is 323 g/mol. The van der Waals surface area contributed by atoms with Crippen molar-refractivity contribution in [2.24, 2.45) is 5.92 Å². The van der Waals surface area contributed by atoms with Gasteiger partial charge in [-0.1, -0.05) is 24.6 Å². The molecule has 0 bridgehead atoms. The summed E-state index contributed by atoms with van der Waals surface area (Å²) in [7, 11) is 1.37. The third-order valence-electron chi connectivity index (χ3n) is 3.53. The van der Waals surface area contributed by atoms with Crippen LogP contribution in [-0.2, 0) is 14.3 Å². The molecule has 0 N–H and O–H groups in total. The molecule has 0 aliphatic carbocycles. The molecule has 5 heteroatoms. The maximum absolute atomic E-state index is 12.3. The summed E-state index contributed by atoms with van der Waals surface area (Å²) >= 11 is 1.55. The minimum atomic E-state index is -0.306. The molecule has 4 nitrogen and oxygen atoms in total. The second-order valence-corrected chi connectivity index (χ2v) is 6.43. The Morgan fingerprint density at radius 1 is 1.32 bits per heavy atom. The molecule has 0 saturated carbocycles. The number of amides is 1. The molecule has 0 heterocycles. The summed E-state index contributed by atoms with van der Waals surface area (Å²) in [6.45, 7) is 8.78. The van der Waals surface area contributed by atoms with E-state index in [9.17, 15) is 9.59 Å². The lowest BCUT2D eigenvalue weighted by molar-refractivity contribution is -0.146. The van der Waals surface area contributed by atoms with Crippen LogP contribution in [-0.4, -0.2) is 42.7 Å². The Hall–Kier alpha value is -1.49. The van der Waals surface area contributed by atoms with Gasteiger partial charge in [-0.05, 0) is 32.4 Å². The number of ether oxygens (including phenoxy) is 1. The largest absolute Gasteiger partial charge is 0.469 e. The first-order valence-corrected chi connectivity index (χ1v) is 8.43. The fourth-order valence-electron chi connectivity index (χ4n) is 2.11. The Balaban J connectivity index is 2.62. The first kappa shape index (κ1) is 18.6. The van der Waals surface area contributed by atoms with Crippen molar-refractivity contribution >= 4 is 23.6 Å². The Morgan fingerprint density at radius 2 is 2.00 bits per heavy atom. The maximum Gasteiger partial charge on any atom is 0.310 e. The van der Waals surface area contributed by atoms with Crippen LogP contribution in [0.5, 0.6) is 0 Å². The topological polar surface area (TPSA) is 46.6 Å². The summed E-state index contributed by atoms with van der Waals surface area (Å²) in [5, 5.41) is 0. The number of thioether (sulfide) groups is 1.